The number of carbonyl (C=O) groups excluding carboxylic acids is 2. The molecule has 0 heterocycles. The average Bonchev–Trinajstić information content (AvgIpc) is 2.49. The van der Waals surface area contributed by atoms with Crippen LogP contribution in [0.15, 0.2) is 53.6 Å². The number of anilines is 1. The number of amides is 2. The molecule has 2 aromatic carbocycles. The van der Waals surface area contributed by atoms with Gasteiger partial charge in [0.05, 0.1) is 6.21 Å². The monoisotopic (exact) mass is 329 g/mol. The summed E-state index contributed by atoms with van der Waals surface area (Å²) in [5, 5.41) is 6.92. The van der Waals surface area contributed by atoms with E-state index >= 15 is 0 Å². The molecule has 6 heteroatoms. The van der Waals surface area contributed by atoms with Crippen molar-refractivity contribution in [1.82, 2.24) is 5.43 Å². The van der Waals surface area contributed by atoms with Crippen LogP contribution in [0, 0.1) is 6.92 Å². The van der Waals surface area contributed by atoms with Crippen molar-refractivity contribution in [2.24, 2.45) is 5.10 Å². The van der Waals surface area contributed by atoms with Crippen LogP contribution in [0.4, 0.5) is 5.69 Å². The van der Waals surface area contributed by atoms with Crippen molar-refractivity contribution in [1.29, 1.82) is 0 Å². The van der Waals surface area contributed by atoms with Gasteiger partial charge in [0.15, 0.2) is 0 Å². The molecule has 0 bridgehead atoms. The van der Waals surface area contributed by atoms with E-state index in [-0.39, 0.29) is 6.42 Å². The van der Waals surface area contributed by atoms with Gasteiger partial charge in [-0.1, -0.05) is 47.5 Å². The van der Waals surface area contributed by atoms with Crippen molar-refractivity contribution in [3.8, 4) is 0 Å². The van der Waals surface area contributed by atoms with E-state index in [1.54, 1.807) is 24.3 Å². The SMILES string of the molecule is Cc1ccc(C=NNC(=O)CC(=O)Nc2cccc(Cl)c2)cc1. The quantitative estimate of drug-likeness (QED) is 0.502. The molecule has 0 fully saturated rings. The standard InChI is InChI=1S/C17H16ClN3O2/c1-12-5-7-13(8-6-12)11-19-21-17(23)10-16(22)20-15-4-2-3-14(18)9-15/h2-9,11H,10H2,1H3,(H,20,22)(H,21,23). The molecule has 0 aliphatic carbocycles. The van der Waals surface area contributed by atoms with E-state index in [0.29, 0.717) is 10.7 Å². The molecule has 2 rings (SSSR count). The number of halogens is 1. The molecule has 0 spiro atoms. The van der Waals surface area contributed by atoms with Crippen molar-refractivity contribution in [2.75, 3.05) is 5.32 Å². The van der Waals surface area contributed by atoms with Crippen molar-refractivity contribution in [3.63, 3.8) is 0 Å². The Labute approximate surface area is 139 Å². The maximum absolute atomic E-state index is 11.7. The predicted molar refractivity (Wildman–Crippen MR) is 91.6 cm³/mol. The highest BCUT2D eigenvalue weighted by atomic mass is 35.5. The van der Waals surface area contributed by atoms with Crippen LogP contribution in [0.2, 0.25) is 5.02 Å². The fourth-order valence-corrected chi connectivity index (χ4v) is 1.98. The van der Waals surface area contributed by atoms with Crippen molar-refractivity contribution >= 4 is 35.3 Å². The number of benzene rings is 2. The molecule has 23 heavy (non-hydrogen) atoms. The van der Waals surface area contributed by atoms with Crippen molar-refractivity contribution in [3.05, 3.63) is 64.7 Å². The number of hydrazone groups is 1. The second kappa shape index (κ2) is 8.10. The van der Waals surface area contributed by atoms with Crippen LogP contribution in [-0.4, -0.2) is 18.0 Å². The molecule has 0 aliphatic heterocycles. The summed E-state index contributed by atoms with van der Waals surface area (Å²) in [6.45, 7) is 1.99. The van der Waals surface area contributed by atoms with Gasteiger partial charge in [-0.25, -0.2) is 5.43 Å². The third-order valence-corrected chi connectivity index (χ3v) is 3.14. The minimum absolute atomic E-state index is 0.322. The maximum atomic E-state index is 11.7. The van der Waals surface area contributed by atoms with Gasteiger partial charge < -0.3 is 5.32 Å². The number of nitrogens with zero attached hydrogens (tertiary/aromatic N) is 1. The van der Waals surface area contributed by atoms with Crippen molar-refractivity contribution < 1.29 is 9.59 Å². The summed E-state index contributed by atoms with van der Waals surface area (Å²) in [6.07, 6.45) is 1.20. The molecule has 0 saturated carbocycles. The van der Waals surface area contributed by atoms with Crippen LogP contribution in [0.3, 0.4) is 0 Å². The number of hydrogen-bond donors (Lipinski definition) is 2. The normalized spacial score (nSPS) is 10.5. The minimum atomic E-state index is -0.493. The van der Waals surface area contributed by atoms with Crippen LogP contribution in [0.1, 0.15) is 17.5 Å². The molecule has 0 radical (unpaired) electrons. The Morgan fingerprint density at radius 3 is 2.57 bits per heavy atom. The first-order valence-electron chi connectivity index (χ1n) is 6.97. The lowest BCUT2D eigenvalue weighted by Crippen LogP contribution is -2.24. The summed E-state index contributed by atoms with van der Waals surface area (Å²) in [5.74, 6) is -0.928. The van der Waals surface area contributed by atoms with E-state index in [2.05, 4.69) is 15.8 Å². The molecule has 2 amide bonds. The van der Waals surface area contributed by atoms with Gasteiger partial charge in [-0.05, 0) is 30.7 Å². The fourth-order valence-electron chi connectivity index (χ4n) is 1.79. The number of carbonyl (C=O) groups is 2. The van der Waals surface area contributed by atoms with Gasteiger partial charge in [-0.3, -0.25) is 9.59 Å². The Morgan fingerprint density at radius 2 is 1.87 bits per heavy atom. The van der Waals surface area contributed by atoms with Crippen molar-refractivity contribution in [2.45, 2.75) is 13.3 Å². The highest BCUT2D eigenvalue weighted by molar-refractivity contribution is 6.30. The Bertz CT molecular complexity index is 727. The smallest absolute Gasteiger partial charge is 0.249 e. The second-order valence-corrected chi connectivity index (χ2v) is 5.38. The highest BCUT2D eigenvalue weighted by Crippen LogP contribution is 2.14. The van der Waals surface area contributed by atoms with Gasteiger partial charge in [0.1, 0.15) is 6.42 Å². The van der Waals surface area contributed by atoms with Crippen LogP contribution in [0.25, 0.3) is 0 Å². The molecule has 0 aliphatic rings. The third kappa shape index (κ3) is 5.92. The van der Waals surface area contributed by atoms with Gasteiger partial charge >= 0.3 is 0 Å². The Balaban J connectivity index is 1.80. The van der Waals surface area contributed by atoms with Gasteiger partial charge in [-0.2, -0.15) is 5.10 Å². The lowest BCUT2D eigenvalue weighted by Gasteiger charge is -2.04. The topological polar surface area (TPSA) is 70.6 Å². The summed E-state index contributed by atoms with van der Waals surface area (Å²) in [6, 6.07) is 14.4. The van der Waals surface area contributed by atoms with Crippen LogP contribution >= 0.6 is 11.6 Å². The largest absolute Gasteiger partial charge is 0.326 e. The summed E-state index contributed by atoms with van der Waals surface area (Å²) in [7, 11) is 0. The molecule has 0 aromatic heterocycles. The van der Waals surface area contributed by atoms with Gasteiger partial charge in [-0.15, -0.1) is 0 Å². The van der Waals surface area contributed by atoms with Gasteiger partial charge in [0, 0.05) is 10.7 Å². The molecule has 2 N–H and O–H groups in total. The van der Waals surface area contributed by atoms with E-state index in [0.717, 1.165) is 11.1 Å². The Morgan fingerprint density at radius 1 is 1.13 bits per heavy atom. The first-order chi connectivity index (χ1) is 11.0. The van der Waals surface area contributed by atoms with E-state index < -0.39 is 11.8 Å². The number of hydrogen-bond acceptors (Lipinski definition) is 3. The number of nitrogens with one attached hydrogen (secondary N) is 2. The van der Waals surface area contributed by atoms with E-state index in [4.69, 9.17) is 11.6 Å². The Hall–Kier alpha value is -2.66. The number of aryl methyl sites for hydroxylation is 1. The molecular formula is C17H16ClN3O2. The summed E-state index contributed by atoms with van der Waals surface area (Å²) < 4.78 is 0. The first kappa shape index (κ1) is 16.7. The summed E-state index contributed by atoms with van der Waals surface area (Å²) in [4.78, 5) is 23.4. The van der Waals surface area contributed by atoms with E-state index in [1.807, 2.05) is 31.2 Å². The zero-order valence-corrected chi connectivity index (χ0v) is 13.3. The molecule has 0 saturated heterocycles. The molecular weight excluding hydrogens is 314 g/mol. The highest BCUT2D eigenvalue weighted by Gasteiger charge is 2.09. The Kier molecular flexibility index (Phi) is 5.88. The molecule has 118 valence electrons. The molecule has 5 nitrogen and oxygen atoms in total. The van der Waals surface area contributed by atoms with Gasteiger partial charge in [0.2, 0.25) is 11.8 Å². The predicted octanol–water partition coefficient (Wildman–Crippen LogP) is 3.13. The van der Waals surface area contributed by atoms with E-state index in [1.165, 1.54) is 6.21 Å². The van der Waals surface area contributed by atoms with Crippen LogP contribution in [0.5, 0.6) is 0 Å². The minimum Gasteiger partial charge on any atom is -0.326 e. The lowest BCUT2D eigenvalue weighted by molar-refractivity contribution is -0.126. The molecule has 0 atom stereocenters. The molecule has 0 unspecified atom stereocenters. The lowest BCUT2D eigenvalue weighted by atomic mass is 10.2. The fraction of sp³-hybridized carbons (Fsp3) is 0.118. The van der Waals surface area contributed by atoms with Crippen LogP contribution in [-0.2, 0) is 9.59 Å². The van der Waals surface area contributed by atoms with E-state index in [9.17, 15) is 9.59 Å². The number of rotatable bonds is 5. The first-order valence-corrected chi connectivity index (χ1v) is 7.35. The van der Waals surface area contributed by atoms with Crippen LogP contribution < -0.4 is 10.7 Å². The third-order valence-electron chi connectivity index (χ3n) is 2.91. The average molecular weight is 330 g/mol. The molecule has 2 aromatic rings. The maximum Gasteiger partial charge on any atom is 0.249 e. The zero-order valence-electron chi connectivity index (χ0n) is 12.5. The zero-order chi connectivity index (χ0) is 16.7. The van der Waals surface area contributed by atoms with Gasteiger partial charge in [0.25, 0.3) is 0 Å². The summed E-state index contributed by atoms with van der Waals surface area (Å²) >= 11 is 5.82. The second-order valence-electron chi connectivity index (χ2n) is 4.94. The summed E-state index contributed by atoms with van der Waals surface area (Å²) in [5.41, 5.74) is 4.86.